The quantitative estimate of drug-likeness (QED) is 0.841. The van der Waals surface area contributed by atoms with Crippen LogP contribution in [0.1, 0.15) is 44.8 Å². The lowest BCUT2D eigenvalue weighted by molar-refractivity contribution is -0.118. The summed E-state index contributed by atoms with van der Waals surface area (Å²) in [7, 11) is -3.24. The number of hydrogen-bond acceptors (Lipinski definition) is 4. The Morgan fingerprint density at radius 2 is 2.21 bits per heavy atom. The smallest absolute Gasteiger partial charge is 0.160 e. The summed E-state index contributed by atoms with van der Waals surface area (Å²) >= 11 is 0. The van der Waals surface area contributed by atoms with Crippen molar-refractivity contribution in [2.45, 2.75) is 50.8 Å². The van der Waals surface area contributed by atoms with E-state index in [0.717, 1.165) is 6.42 Å². The van der Waals surface area contributed by atoms with Gasteiger partial charge in [0.05, 0.1) is 17.9 Å². The summed E-state index contributed by atoms with van der Waals surface area (Å²) in [6.07, 6.45) is 3.89. The van der Waals surface area contributed by atoms with Gasteiger partial charge in [-0.15, -0.1) is 0 Å². The molecular weight excluding hydrogens is 264 g/mol. The lowest BCUT2D eigenvalue weighted by Crippen LogP contribution is -2.36. The number of aromatic nitrogens is 2. The van der Waals surface area contributed by atoms with Crippen molar-refractivity contribution in [3.63, 3.8) is 0 Å². The fourth-order valence-corrected chi connectivity index (χ4v) is 4.27. The summed E-state index contributed by atoms with van der Waals surface area (Å²) in [5.74, 6) is -0.0715. The Kier molecular flexibility index (Phi) is 4.08. The van der Waals surface area contributed by atoms with Crippen LogP contribution in [0.4, 0.5) is 0 Å². The maximum atomic E-state index is 12.1. The van der Waals surface area contributed by atoms with E-state index in [1.165, 1.54) is 0 Å². The highest BCUT2D eigenvalue weighted by Gasteiger charge is 2.34. The van der Waals surface area contributed by atoms with Crippen molar-refractivity contribution in [1.29, 1.82) is 0 Å². The zero-order valence-electron chi connectivity index (χ0n) is 11.4. The summed E-state index contributed by atoms with van der Waals surface area (Å²) in [6.45, 7) is 4.01. The zero-order chi connectivity index (χ0) is 14.0. The first-order chi connectivity index (χ1) is 8.90. The van der Waals surface area contributed by atoms with Crippen LogP contribution in [0.15, 0.2) is 12.3 Å². The Morgan fingerprint density at radius 1 is 1.47 bits per heavy atom. The molecule has 1 aliphatic heterocycles. The first-order valence-electron chi connectivity index (χ1n) is 6.68. The average Bonchev–Trinajstić information content (AvgIpc) is 2.76. The molecule has 1 fully saturated rings. The van der Waals surface area contributed by atoms with Gasteiger partial charge in [0.1, 0.15) is 5.25 Å². The van der Waals surface area contributed by atoms with Crippen molar-refractivity contribution in [3.8, 4) is 0 Å². The molecule has 0 aromatic carbocycles. The number of ketones is 1. The van der Waals surface area contributed by atoms with Crippen molar-refractivity contribution in [1.82, 2.24) is 9.78 Å². The maximum absolute atomic E-state index is 12.1. The van der Waals surface area contributed by atoms with Crippen LogP contribution >= 0.6 is 0 Å². The number of carbonyl (C=O) groups is 1. The van der Waals surface area contributed by atoms with Crippen molar-refractivity contribution >= 4 is 15.6 Å². The number of carbonyl (C=O) groups excluding carboxylic acids is 1. The molecule has 1 aliphatic rings. The van der Waals surface area contributed by atoms with Crippen LogP contribution in [0, 0.1) is 0 Å². The number of sulfone groups is 1. The largest absolute Gasteiger partial charge is 0.298 e. The van der Waals surface area contributed by atoms with Crippen molar-refractivity contribution in [2.24, 2.45) is 0 Å². The summed E-state index contributed by atoms with van der Waals surface area (Å²) < 4.78 is 25.5. The summed E-state index contributed by atoms with van der Waals surface area (Å²) in [6, 6.07) is 2.02. The monoisotopic (exact) mass is 284 g/mol. The molecule has 1 atom stereocenters. The van der Waals surface area contributed by atoms with E-state index in [1.807, 2.05) is 20.0 Å². The van der Waals surface area contributed by atoms with E-state index in [9.17, 15) is 13.2 Å². The molecule has 0 N–H and O–H groups in total. The van der Waals surface area contributed by atoms with Crippen LogP contribution < -0.4 is 0 Å². The third-order valence-electron chi connectivity index (χ3n) is 3.49. The predicted molar refractivity (Wildman–Crippen MR) is 72.7 cm³/mol. The summed E-state index contributed by atoms with van der Waals surface area (Å²) in [5, 5.41) is 3.48. The van der Waals surface area contributed by atoms with Crippen molar-refractivity contribution in [3.05, 3.63) is 18.0 Å². The molecule has 6 heteroatoms. The van der Waals surface area contributed by atoms with Gasteiger partial charge in [-0.2, -0.15) is 5.10 Å². The fourth-order valence-electron chi connectivity index (χ4n) is 2.37. The third-order valence-corrected chi connectivity index (χ3v) is 5.71. The predicted octanol–water partition coefficient (Wildman–Crippen LogP) is 1.54. The molecule has 5 nitrogen and oxygen atoms in total. The SMILES string of the molecule is CC(C)n1ccc(CC(=O)C2CCCCS2(=O)=O)n1. The molecule has 2 rings (SSSR count). The van der Waals surface area contributed by atoms with Crippen molar-refractivity contribution in [2.75, 3.05) is 5.75 Å². The second-order valence-electron chi connectivity index (χ2n) is 5.38. The van der Waals surface area contributed by atoms with E-state index in [0.29, 0.717) is 18.5 Å². The minimum absolute atomic E-state index is 0.115. The first kappa shape index (κ1) is 14.2. The number of rotatable bonds is 4. The molecule has 2 heterocycles. The second-order valence-corrected chi connectivity index (χ2v) is 7.68. The Balaban J connectivity index is 2.07. The van der Waals surface area contributed by atoms with Gasteiger partial charge in [0.15, 0.2) is 15.6 Å². The molecule has 1 aromatic heterocycles. The number of Topliss-reactive ketones (excluding diaryl/α,β-unsaturated/α-hetero) is 1. The van der Waals surface area contributed by atoms with Gasteiger partial charge in [-0.05, 0) is 32.8 Å². The molecule has 0 saturated carbocycles. The van der Waals surface area contributed by atoms with Crippen LogP contribution in [0.5, 0.6) is 0 Å². The van der Waals surface area contributed by atoms with Crippen molar-refractivity contribution < 1.29 is 13.2 Å². The molecule has 1 aromatic rings. The molecule has 0 amide bonds. The Morgan fingerprint density at radius 3 is 2.79 bits per heavy atom. The molecule has 0 spiro atoms. The number of hydrogen-bond donors (Lipinski definition) is 0. The fraction of sp³-hybridized carbons (Fsp3) is 0.692. The van der Waals surface area contributed by atoms with E-state index < -0.39 is 15.1 Å². The first-order valence-corrected chi connectivity index (χ1v) is 8.40. The van der Waals surface area contributed by atoms with Gasteiger partial charge >= 0.3 is 0 Å². The molecular formula is C13H20N2O3S. The van der Waals surface area contributed by atoms with Crippen LogP contribution in [-0.2, 0) is 21.1 Å². The van der Waals surface area contributed by atoms with E-state index in [4.69, 9.17) is 0 Å². The standard InChI is InChI=1S/C13H20N2O3S/c1-10(2)15-7-6-11(14-15)9-12(16)13-5-3-4-8-19(13,17)18/h6-7,10,13H,3-5,8-9H2,1-2H3. The van der Waals surface area contributed by atoms with E-state index in [1.54, 1.807) is 10.7 Å². The highest BCUT2D eigenvalue weighted by Crippen LogP contribution is 2.21. The lowest BCUT2D eigenvalue weighted by atomic mass is 10.1. The minimum atomic E-state index is -3.24. The molecule has 106 valence electrons. The Hall–Kier alpha value is -1.17. The van der Waals surface area contributed by atoms with E-state index in [-0.39, 0.29) is 24.0 Å². The van der Waals surface area contributed by atoms with Crippen LogP contribution in [0.3, 0.4) is 0 Å². The van der Waals surface area contributed by atoms with Gasteiger partial charge in [0.25, 0.3) is 0 Å². The lowest BCUT2D eigenvalue weighted by Gasteiger charge is -2.20. The highest BCUT2D eigenvalue weighted by atomic mass is 32.2. The molecule has 19 heavy (non-hydrogen) atoms. The molecule has 0 radical (unpaired) electrons. The van der Waals surface area contributed by atoms with Gasteiger partial charge in [0, 0.05) is 12.2 Å². The second kappa shape index (κ2) is 5.45. The minimum Gasteiger partial charge on any atom is -0.298 e. The molecule has 0 bridgehead atoms. The van der Waals surface area contributed by atoms with E-state index in [2.05, 4.69) is 5.10 Å². The Labute approximate surface area is 113 Å². The average molecular weight is 284 g/mol. The van der Waals surface area contributed by atoms with Gasteiger partial charge < -0.3 is 0 Å². The Bertz CT molecular complexity index is 560. The highest BCUT2D eigenvalue weighted by molar-refractivity contribution is 7.92. The van der Waals surface area contributed by atoms with Crippen LogP contribution in [0.25, 0.3) is 0 Å². The third kappa shape index (κ3) is 3.23. The van der Waals surface area contributed by atoms with Gasteiger partial charge in [-0.25, -0.2) is 8.42 Å². The van der Waals surface area contributed by atoms with Gasteiger partial charge in [0.2, 0.25) is 0 Å². The van der Waals surface area contributed by atoms with Gasteiger partial charge in [-0.3, -0.25) is 9.48 Å². The summed E-state index contributed by atoms with van der Waals surface area (Å²) in [5.41, 5.74) is 0.652. The van der Waals surface area contributed by atoms with Gasteiger partial charge in [-0.1, -0.05) is 6.42 Å². The normalized spacial score (nSPS) is 22.6. The zero-order valence-corrected chi connectivity index (χ0v) is 12.2. The molecule has 1 unspecified atom stereocenters. The maximum Gasteiger partial charge on any atom is 0.160 e. The number of nitrogens with zero attached hydrogens (tertiary/aromatic N) is 2. The molecule has 1 saturated heterocycles. The summed E-state index contributed by atoms with van der Waals surface area (Å²) in [4.78, 5) is 12.1. The molecule has 0 aliphatic carbocycles. The van der Waals surface area contributed by atoms with Crippen LogP contribution in [0.2, 0.25) is 0 Å². The van der Waals surface area contributed by atoms with Crippen LogP contribution in [-0.4, -0.2) is 35.0 Å². The topological polar surface area (TPSA) is 69.0 Å². The van der Waals surface area contributed by atoms with E-state index >= 15 is 0 Å².